The number of hydrogen-bond donors (Lipinski definition) is 1. The molecule has 3 heterocycles. The normalized spacial score (nSPS) is 25.6. The highest BCUT2D eigenvalue weighted by Crippen LogP contribution is 2.27. The van der Waals surface area contributed by atoms with Crippen LogP contribution < -0.4 is 5.32 Å². The highest BCUT2D eigenvalue weighted by atomic mass is 35.5. The Bertz CT molecular complexity index is 635. The number of likely N-dealkylation sites (tertiary alicyclic amines) is 2. The molecule has 6 heteroatoms. The van der Waals surface area contributed by atoms with E-state index in [2.05, 4.69) is 5.32 Å². The highest BCUT2D eigenvalue weighted by Gasteiger charge is 2.31. The third-order valence-corrected chi connectivity index (χ3v) is 6.05. The highest BCUT2D eigenvalue weighted by molar-refractivity contribution is 5.94. The van der Waals surface area contributed by atoms with E-state index in [-0.39, 0.29) is 24.2 Å². The zero-order valence-corrected chi connectivity index (χ0v) is 16.0. The van der Waals surface area contributed by atoms with E-state index >= 15 is 0 Å². The fourth-order valence-corrected chi connectivity index (χ4v) is 4.45. The van der Waals surface area contributed by atoms with Gasteiger partial charge < -0.3 is 15.1 Å². The first-order valence-corrected chi connectivity index (χ1v) is 9.57. The van der Waals surface area contributed by atoms with Crippen molar-refractivity contribution in [1.29, 1.82) is 0 Å². The Kier molecular flexibility index (Phi) is 6.20. The minimum Gasteiger partial charge on any atom is -0.339 e. The molecule has 2 amide bonds. The van der Waals surface area contributed by atoms with Crippen molar-refractivity contribution in [2.45, 2.75) is 32.2 Å². The van der Waals surface area contributed by atoms with E-state index < -0.39 is 0 Å². The first kappa shape index (κ1) is 19.2. The molecule has 3 fully saturated rings. The molecule has 2 atom stereocenters. The van der Waals surface area contributed by atoms with E-state index in [1.165, 1.54) is 0 Å². The number of nitrogens with zero attached hydrogens (tertiary/aromatic N) is 2. The predicted octanol–water partition coefficient (Wildman–Crippen LogP) is 2.30. The summed E-state index contributed by atoms with van der Waals surface area (Å²) in [5.41, 5.74) is 1.87. The monoisotopic (exact) mass is 377 g/mol. The minimum atomic E-state index is 0. The summed E-state index contributed by atoms with van der Waals surface area (Å²) in [5, 5.41) is 3.48. The molecule has 4 rings (SSSR count). The van der Waals surface area contributed by atoms with E-state index in [0.29, 0.717) is 13.0 Å². The number of nitrogens with one attached hydrogen (secondary N) is 1. The topological polar surface area (TPSA) is 52.7 Å². The van der Waals surface area contributed by atoms with Crippen molar-refractivity contribution in [1.82, 2.24) is 15.1 Å². The van der Waals surface area contributed by atoms with E-state index in [4.69, 9.17) is 0 Å². The van der Waals surface area contributed by atoms with Crippen LogP contribution in [0.5, 0.6) is 0 Å². The molecule has 1 N–H and O–H groups in total. The van der Waals surface area contributed by atoms with Gasteiger partial charge in [0.2, 0.25) is 5.91 Å². The number of hydrogen-bond acceptors (Lipinski definition) is 3. The molecule has 0 unspecified atom stereocenters. The van der Waals surface area contributed by atoms with Crippen LogP contribution in [0.3, 0.4) is 0 Å². The van der Waals surface area contributed by atoms with Crippen LogP contribution in [0.2, 0.25) is 0 Å². The first-order chi connectivity index (χ1) is 12.2. The summed E-state index contributed by atoms with van der Waals surface area (Å²) >= 11 is 0. The fourth-order valence-electron chi connectivity index (χ4n) is 4.45. The van der Waals surface area contributed by atoms with Gasteiger partial charge in [0.15, 0.2) is 0 Å². The average Bonchev–Trinajstić information content (AvgIpc) is 3.19. The lowest BCUT2D eigenvalue weighted by molar-refractivity contribution is -0.128. The molecule has 0 bridgehead atoms. The summed E-state index contributed by atoms with van der Waals surface area (Å²) in [6.45, 7) is 5.46. The number of fused-ring (bicyclic) bond motifs is 1. The van der Waals surface area contributed by atoms with Crippen molar-refractivity contribution in [3.63, 3.8) is 0 Å². The largest absolute Gasteiger partial charge is 0.339 e. The lowest BCUT2D eigenvalue weighted by atomic mass is 9.92. The van der Waals surface area contributed by atoms with Crippen LogP contribution in [0.25, 0.3) is 0 Å². The standard InChI is InChI=1S/C20H27N3O2.ClH/c24-19-2-1-9-23(19)14-15-3-5-16(6-4-15)20(25)22-10-7-17-12-21-13-18(17)8-11-22;/h3-6,17-18,21H,1-2,7-14H2;1H/t17-,18+;. The maximum Gasteiger partial charge on any atom is 0.253 e. The second-order valence-corrected chi connectivity index (χ2v) is 7.66. The summed E-state index contributed by atoms with van der Waals surface area (Å²) < 4.78 is 0. The van der Waals surface area contributed by atoms with Gasteiger partial charge in [0.05, 0.1) is 0 Å². The number of rotatable bonds is 3. The molecule has 0 aromatic heterocycles. The smallest absolute Gasteiger partial charge is 0.253 e. The molecule has 142 valence electrons. The van der Waals surface area contributed by atoms with Gasteiger partial charge in [-0.15, -0.1) is 12.4 Å². The third-order valence-electron chi connectivity index (χ3n) is 6.05. The molecule has 0 spiro atoms. The molecular weight excluding hydrogens is 350 g/mol. The second kappa shape index (κ2) is 8.40. The maximum atomic E-state index is 12.8. The Labute approximate surface area is 161 Å². The quantitative estimate of drug-likeness (QED) is 0.879. The van der Waals surface area contributed by atoms with Crippen molar-refractivity contribution in [3.05, 3.63) is 35.4 Å². The van der Waals surface area contributed by atoms with Gasteiger partial charge in [0, 0.05) is 38.2 Å². The number of halogens is 1. The molecule has 3 saturated heterocycles. The Morgan fingerprint density at radius 3 is 2.27 bits per heavy atom. The molecule has 1 aromatic rings. The third kappa shape index (κ3) is 4.04. The summed E-state index contributed by atoms with van der Waals surface area (Å²) in [6.07, 6.45) is 3.85. The molecule has 3 aliphatic rings. The van der Waals surface area contributed by atoms with E-state index in [0.717, 1.165) is 74.9 Å². The van der Waals surface area contributed by atoms with Gasteiger partial charge in [0.25, 0.3) is 5.91 Å². The molecule has 5 nitrogen and oxygen atoms in total. The van der Waals surface area contributed by atoms with E-state index in [1.807, 2.05) is 34.1 Å². The van der Waals surface area contributed by atoms with Gasteiger partial charge in [-0.25, -0.2) is 0 Å². The van der Waals surface area contributed by atoms with Gasteiger partial charge in [0.1, 0.15) is 0 Å². The van der Waals surface area contributed by atoms with E-state index in [1.54, 1.807) is 0 Å². The van der Waals surface area contributed by atoms with Crippen LogP contribution in [0.15, 0.2) is 24.3 Å². The van der Waals surface area contributed by atoms with Crippen molar-refractivity contribution in [3.8, 4) is 0 Å². The first-order valence-electron chi connectivity index (χ1n) is 9.57. The maximum absolute atomic E-state index is 12.8. The van der Waals surface area contributed by atoms with Crippen molar-refractivity contribution in [2.24, 2.45) is 11.8 Å². The SMILES string of the molecule is Cl.O=C1CCCN1Cc1ccc(C(=O)N2CC[C@@H]3CNC[C@@H]3CC2)cc1. The lowest BCUT2D eigenvalue weighted by Crippen LogP contribution is -2.32. The average molecular weight is 378 g/mol. The number of carbonyl (C=O) groups is 2. The Balaban J connectivity index is 0.00000196. The van der Waals surface area contributed by atoms with E-state index in [9.17, 15) is 9.59 Å². The van der Waals surface area contributed by atoms with Gasteiger partial charge in [-0.05, 0) is 61.9 Å². The molecule has 1 aromatic carbocycles. The predicted molar refractivity (Wildman–Crippen MR) is 103 cm³/mol. The fraction of sp³-hybridized carbons (Fsp3) is 0.600. The van der Waals surface area contributed by atoms with Gasteiger partial charge >= 0.3 is 0 Å². The minimum absolute atomic E-state index is 0. The number of benzene rings is 1. The van der Waals surface area contributed by atoms with Crippen LogP contribution >= 0.6 is 12.4 Å². The Morgan fingerprint density at radius 2 is 1.69 bits per heavy atom. The molecule has 0 aliphatic carbocycles. The van der Waals surface area contributed by atoms with Crippen LogP contribution in [-0.4, -0.2) is 54.3 Å². The zero-order valence-electron chi connectivity index (χ0n) is 15.2. The summed E-state index contributed by atoms with van der Waals surface area (Å²) in [7, 11) is 0. The lowest BCUT2D eigenvalue weighted by Gasteiger charge is -2.21. The van der Waals surface area contributed by atoms with Crippen molar-refractivity contribution >= 4 is 24.2 Å². The number of carbonyl (C=O) groups excluding carboxylic acids is 2. The van der Waals surface area contributed by atoms with Gasteiger partial charge in [-0.2, -0.15) is 0 Å². The molecule has 0 radical (unpaired) electrons. The van der Waals surface area contributed by atoms with Crippen LogP contribution in [-0.2, 0) is 11.3 Å². The summed E-state index contributed by atoms with van der Waals surface area (Å²) in [5.74, 6) is 1.86. The molecule has 26 heavy (non-hydrogen) atoms. The summed E-state index contributed by atoms with van der Waals surface area (Å²) in [4.78, 5) is 28.5. The Hall–Kier alpha value is -1.59. The second-order valence-electron chi connectivity index (χ2n) is 7.66. The molecule has 3 aliphatic heterocycles. The van der Waals surface area contributed by atoms with Gasteiger partial charge in [-0.3, -0.25) is 9.59 Å². The molecular formula is C20H28ClN3O2. The summed E-state index contributed by atoms with van der Waals surface area (Å²) in [6, 6.07) is 7.83. The van der Waals surface area contributed by atoms with Crippen molar-refractivity contribution < 1.29 is 9.59 Å². The Morgan fingerprint density at radius 1 is 1.04 bits per heavy atom. The van der Waals surface area contributed by atoms with Crippen LogP contribution in [0, 0.1) is 11.8 Å². The van der Waals surface area contributed by atoms with Crippen LogP contribution in [0.4, 0.5) is 0 Å². The van der Waals surface area contributed by atoms with Crippen LogP contribution in [0.1, 0.15) is 41.6 Å². The van der Waals surface area contributed by atoms with Gasteiger partial charge in [-0.1, -0.05) is 12.1 Å². The zero-order chi connectivity index (χ0) is 17.2. The number of amides is 2. The molecule has 0 saturated carbocycles. The van der Waals surface area contributed by atoms with Crippen molar-refractivity contribution in [2.75, 3.05) is 32.7 Å².